The maximum Gasteiger partial charge on any atom is 0.331 e. The summed E-state index contributed by atoms with van der Waals surface area (Å²) in [5.74, 6) is -2.21. The van der Waals surface area contributed by atoms with Crippen LogP contribution in [0.1, 0.15) is 5.56 Å². The molecule has 4 amide bonds. The van der Waals surface area contributed by atoms with Gasteiger partial charge in [0, 0.05) is 6.21 Å². The number of ether oxygens (including phenoxy) is 1. The number of benzene rings is 1. The second kappa shape index (κ2) is 8.68. The van der Waals surface area contributed by atoms with E-state index in [0.717, 1.165) is 43.3 Å². The Bertz CT molecular complexity index is 686. The van der Waals surface area contributed by atoms with Gasteiger partial charge in [-0.1, -0.05) is 30.3 Å². The first-order valence-corrected chi connectivity index (χ1v) is 8.76. The highest BCUT2D eigenvalue weighted by molar-refractivity contribution is 6.23. The first kappa shape index (κ1) is 18.2. The fraction of sp³-hybridized carbons (Fsp3) is 0.444. The zero-order valence-electron chi connectivity index (χ0n) is 14.5. The lowest BCUT2D eigenvalue weighted by Crippen LogP contribution is -3.14. The predicted molar refractivity (Wildman–Crippen MR) is 93.8 cm³/mol. The minimum absolute atomic E-state index is 0.126. The van der Waals surface area contributed by atoms with Crippen LogP contribution in [0.4, 0.5) is 4.79 Å². The van der Waals surface area contributed by atoms with Crippen LogP contribution in [0.15, 0.2) is 35.3 Å². The fourth-order valence-electron chi connectivity index (χ4n) is 2.99. The molecule has 3 rings (SSSR count). The molecule has 2 aliphatic heterocycles. The predicted octanol–water partition coefficient (Wildman–Crippen LogP) is -1.13. The molecule has 0 aliphatic carbocycles. The van der Waals surface area contributed by atoms with E-state index >= 15 is 0 Å². The average molecular weight is 359 g/mol. The number of imide groups is 2. The quantitative estimate of drug-likeness (QED) is 0.496. The van der Waals surface area contributed by atoms with Crippen molar-refractivity contribution in [1.29, 1.82) is 0 Å². The van der Waals surface area contributed by atoms with Gasteiger partial charge >= 0.3 is 6.03 Å². The molecular formula is C18H23N4O4+. The number of carbonyl (C=O) groups is 3. The van der Waals surface area contributed by atoms with Gasteiger partial charge in [-0.05, 0) is 5.56 Å². The number of rotatable bonds is 6. The summed E-state index contributed by atoms with van der Waals surface area (Å²) in [4.78, 5) is 43.3. The lowest BCUT2D eigenvalue weighted by Gasteiger charge is -2.28. The number of barbiturate groups is 1. The van der Waals surface area contributed by atoms with Crippen LogP contribution < -0.4 is 10.2 Å². The first-order chi connectivity index (χ1) is 12.6. The topological polar surface area (TPSA) is 92.5 Å². The van der Waals surface area contributed by atoms with Gasteiger partial charge in [0.2, 0.25) is 11.8 Å². The summed E-state index contributed by atoms with van der Waals surface area (Å²) in [5, 5.41) is 2.23. The lowest BCUT2D eigenvalue weighted by atomic mass is 10.1. The number of hydrogen-bond donors (Lipinski definition) is 2. The Balaban J connectivity index is 1.58. The summed E-state index contributed by atoms with van der Waals surface area (Å²) >= 11 is 0. The molecule has 2 fully saturated rings. The van der Waals surface area contributed by atoms with Gasteiger partial charge in [0.15, 0.2) is 5.92 Å². The van der Waals surface area contributed by atoms with Crippen LogP contribution in [-0.2, 0) is 20.9 Å². The molecule has 0 aromatic heterocycles. The third kappa shape index (κ3) is 4.53. The number of aliphatic imine (C=N–C) groups is 1. The standard InChI is InChI=1S/C18H22N4O4/c23-16-15(12-19-6-7-21-8-10-26-11-9-21)17(24)22(18(25)20-16)13-14-4-2-1-3-5-14/h1-5,12,15H,6-11,13H2,(H,20,23,25)/p+1/t15-/m1/s1. The van der Waals surface area contributed by atoms with Crippen molar-refractivity contribution in [2.75, 3.05) is 39.4 Å². The SMILES string of the molecule is O=C1NC(=O)N(Cc2ccccc2)C(=O)[C@@H]1C=NCC[NH+]1CCOCC1. The van der Waals surface area contributed by atoms with E-state index in [4.69, 9.17) is 4.74 Å². The normalized spacial score (nSPS) is 22.1. The molecule has 2 heterocycles. The summed E-state index contributed by atoms with van der Waals surface area (Å²) in [5.41, 5.74) is 0.817. The van der Waals surface area contributed by atoms with Crippen LogP contribution in [0.3, 0.4) is 0 Å². The Kier molecular flexibility index (Phi) is 6.08. The van der Waals surface area contributed by atoms with Crippen LogP contribution in [-0.4, -0.2) is 68.4 Å². The number of nitrogens with zero attached hydrogens (tertiary/aromatic N) is 2. The van der Waals surface area contributed by atoms with Crippen LogP contribution in [0.2, 0.25) is 0 Å². The molecule has 0 unspecified atom stereocenters. The molecule has 0 saturated carbocycles. The Morgan fingerprint density at radius 2 is 1.92 bits per heavy atom. The maximum atomic E-state index is 12.6. The highest BCUT2D eigenvalue weighted by Gasteiger charge is 2.39. The average Bonchev–Trinajstić information content (AvgIpc) is 2.66. The molecule has 0 bridgehead atoms. The van der Waals surface area contributed by atoms with E-state index in [1.165, 1.54) is 11.1 Å². The molecule has 1 aromatic rings. The largest absolute Gasteiger partial charge is 0.370 e. The zero-order chi connectivity index (χ0) is 18.4. The Hall–Kier alpha value is -2.58. The van der Waals surface area contributed by atoms with Gasteiger partial charge < -0.3 is 9.64 Å². The van der Waals surface area contributed by atoms with Crippen molar-refractivity contribution in [1.82, 2.24) is 10.2 Å². The van der Waals surface area contributed by atoms with Gasteiger partial charge in [-0.25, -0.2) is 4.79 Å². The number of hydrogen-bond acceptors (Lipinski definition) is 5. The molecule has 2 N–H and O–H groups in total. The highest BCUT2D eigenvalue weighted by Crippen LogP contribution is 2.13. The molecule has 8 nitrogen and oxygen atoms in total. The summed E-state index contributed by atoms with van der Waals surface area (Å²) in [6, 6.07) is 8.48. The van der Waals surface area contributed by atoms with Crippen LogP contribution in [0.25, 0.3) is 0 Å². The molecule has 1 aromatic carbocycles. The van der Waals surface area contributed by atoms with Gasteiger partial charge in [0.25, 0.3) is 0 Å². The highest BCUT2D eigenvalue weighted by atomic mass is 16.5. The van der Waals surface area contributed by atoms with Gasteiger partial charge in [-0.3, -0.25) is 24.8 Å². The smallest absolute Gasteiger partial charge is 0.331 e. The van der Waals surface area contributed by atoms with E-state index in [1.807, 2.05) is 30.3 Å². The first-order valence-electron chi connectivity index (χ1n) is 8.76. The van der Waals surface area contributed by atoms with Crippen molar-refractivity contribution < 1.29 is 24.0 Å². The Morgan fingerprint density at radius 3 is 2.65 bits per heavy atom. The van der Waals surface area contributed by atoms with Gasteiger partial charge in [0.1, 0.15) is 13.1 Å². The Morgan fingerprint density at radius 1 is 1.19 bits per heavy atom. The van der Waals surface area contributed by atoms with E-state index in [-0.39, 0.29) is 6.54 Å². The zero-order valence-corrected chi connectivity index (χ0v) is 14.5. The number of urea groups is 1. The van der Waals surface area contributed by atoms with E-state index in [1.54, 1.807) is 0 Å². The number of quaternary nitrogens is 1. The van der Waals surface area contributed by atoms with Gasteiger partial charge in [0.05, 0.1) is 32.8 Å². The third-order valence-electron chi connectivity index (χ3n) is 4.52. The summed E-state index contributed by atoms with van der Waals surface area (Å²) in [7, 11) is 0. The molecule has 0 radical (unpaired) electrons. The molecule has 138 valence electrons. The summed E-state index contributed by atoms with van der Waals surface area (Å²) in [6.45, 7) is 4.86. The van der Waals surface area contributed by atoms with Crippen molar-refractivity contribution in [2.24, 2.45) is 10.9 Å². The summed E-state index contributed by atoms with van der Waals surface area (Å²) < 4.78 is 5.31. The number of nitrogens with one attached hydrogen (secondary N) is 2. The van der Waals surface area contributed by atoms with Crippen LogP contribution in [0, 0.1) is 5.92 Å². The van der Waals surface area contributed by atoms with E-state index in [9.17, 15) is 14.4 Å². The third-order valence-corrected chi connectivity index (χ3v) is 4.52. The van der Waals surface area contributed by atoms with E-state index in [2.05, 4.69) is 10.3 Å². The van der Waals surface area contributed by atoms with Crippen LogP contribution in [0.5, 0.6) is 0 Å². The molecule has 26 heavy (non-hydrogen) atoms. The van der Waals surface area contributed by atoms with Crippen molar-refractivity contribution in [2.45, 2.75) is 6.54 Å². The van der Waals surface area contributed by atoms with Crippen LogP contribution >= 0.6 is 0 Å². The van der Waals surface area contributed by atoms with Crippen molar-refractivity contribution in [3.63, 3.8) is 0 Å². The van der Waals surface area contributed by atoms with Gasteiger partial charge in [-0.2, -0.15) is 0 Å². The minimum atomic E-state index is -1.06. The number of morpholine rings is 1. The number of carbonyl (C=O) groups excluding carboxylic acids is 3. The van der Waals surface area contributed by atoms with Crippen molar-refractivity contribution in [3.8, 4) is 0 Å². The van der Waals surface area contributed by atoms with E-state index < -0.39 is 23.8 Å². The Labute approximate surface area is 151 Å². The number of amides is 4. The second-order valence-corrected chi connectivity index (χ2v) is 6.35. The molecular weight excluding hydrogens is 336 g/mol. The molecule has 2 aliphatic rings. The van der Waals surface area contributed by atoms with Crippen molar-refractivity contribution in [3.05, 3.63) is 35.9 Å². The van der Waals surface area contributed by atoms with Gasteiger partial charge in [-0.15, -0.1) is 0 Å². The molecule has 8 heteroatoms. The molecule has 0 spiro atoms. The second-order valence-electron chi connectivity index (χ2n) is 6.35. The van der Waals surface area contributed by atoms with Crippen molar-refractivity contribution >= 4 is 24.1 Å². The monoisotopic (exact) mass is 359 g/mol. The molecule has 1 atom stereocenters. The fourth-order valence-corrected chi connectivity index (χ4v) is 2.99. The summed E-state index contributed by atoms with van der Waals surface area (Å²) in [6.07, 6.45) is 1.36. The lowest BCUT2D eigenvalue weighted by molar-refractivity contribution is -0.906. The molecule has 2 saturated heterocycles. The maximum absolute atomic E-state index is 12.6. The minimum Gasteiger partial charge on any atom is -0.370 e. The van der Waals surface area contributed by atoms with E-state index in [0.29, 0.717) is 6.54 Å².